The first-order valence-electron chi connectivity index (χ1n) is 8.00. The fraction of sp³-hybridized carbons (Fsp3) is 0.471. The molecule has 3 N–H and O–H groups in total. The van der Waals surface area contributed by atoms with Gasteiger partial charge in [-0.2, -0.15) is 0 Å². The summed E-state index contributed by atoms with van der Waals surface area (Å²) in [5.74, 6) is 1.50. The number of hydrogen-bond acceptors (Lipinski definition) is 7. The Bertz CT molecular complexity index is 634. The van der Waals surface area contributed by atoms with Crippen LogP contribution in [0.15, 0.2) is 34.9 Å². The van der Waals surface area contributed by atoms with Gasteiger partial charge in [0.05, 0.1) is 26.0 Å². The highest BCUT2D eigenvalue weighted by atomic mass is 16.5. The number of aromatic nitrogens is 1. The van der Waals surface area contributed by atoms with Crippen LogP contribution in [0.1, 0.15) is 5.69 Å². The Labute approximate surface area is 140 Å². The van der Waals surface area contributed by atoms with Gasteiger partial charge in [-0.25, -0.2) is 0 Å². The van der Waals surface area contributed by atoms with Gasteiger partial charge in [-0.05, 0) is 24.3 Å². The van der Waals surface area contributed by atoms with Gasteiger partial charge < -0.3 is 29.7 Å². The predicted octanol–water partition coefficient (Wildman–Crippen LogP) is 0.791. The summed E-state index contributed by atoms with van der Waals surface area (Å²) < 4.78 is 15.9. The summed E-state index contributed by atoms with van der Waals surface area (Å²) in [6, 6.07) is 9.50. The Morgan fingerprint density at radius 3 is 3.00 bits per heavy atom. The monoisotopic (exact) mass is 333 g/mol. The van der Waals surface area contributed by atoms with Gasteiger partial charge in [0.15, 0.2) is 5.76 Å². The molecule has 0 spiro atoms. The van der Waals surface area contributed by atoms with E-state index in [0.717, 1.165) is 23.6 Å². The van der Waals surface area contributed by atoms with E-state index < -0.39 is 5.60 Å². The molecular weight excluding hydrogens is 310 g/mol. The maximum absolute atomic E-state index is 10.5. The minimum atomic E-state index is -0.904. The van der Waals surface area contributed by atoms with Gasteiger partial charge in [0, 0.05) is 37.8 Å². The van der Waals surface area contributed by atoms with E-state index in [2.05, 4.69) is 15.8 Å². The quantitative estimate of drug-likeness (QED) is 0.720. The molecule has 1 aromatic heterocycles. The van der Waals surface area contributed by atoms with Crippen LogP contribution in [0.25, 0.3) is 11.3 Å². The molecule has 24 heavy (non-hydrogen) atoms. The topological polar surface area (TPSA) is 88.8 Å². The minimum absolute atomic E-state index is 0.322. The van der Waals surface area contributed by atoms with Crippen molar-refractivity contribution in [3.05, 3.63) is 36.0 Å². The lowest BCUT2D eigenvalue weighted by molar-refractivity contribution is -0.0265. The third kappa shape index (κ3) is 4.33. The first kappa shape index (κ1) is 16.9. The molecule has 0 unspecified atom stereocenters. The van der Waals surface area contributed by atoms with E-state index in [4.69, 9.17) is 14.0 Å². The van der Waals surface area contributed by atoms with Crippen LogP contribution in [0.5, 0.6) is 5.75 Å². The van der Waals surface area contributed by atoms with Gasteiger partial charge in [-0.3, -0.25) is 0 Å². The van der Waals surface area contributed by atoms with Crippen molar-refractivity contribution in [2.75, 3.05) is 40.0 Å². The van der Waals surface area contributed by atoms with E-state index in [1.807, 2.05) is 30.3 Å². The van der Waals surface area contributed by atoms with E-state index in [1.54, 1.807) is 7.11 Å². The lowest BCUT2D eigenvalue weighted by Crippen LogP contribution is -2.50. The molecule has 1 atom stereocenters. The second kappa shape index (κ2) is 7.76. The number of nitrogens with one attached hydrogen (secondary N) is 2. The summed E-state index contributed by atoms with van der Waals surface area (Å²) in [5.41, 5.74) is 0.820. The summed E-state index contributed by atoms with van der Waals surface area (Å²) in [6.07, 6.45) is 0. The fourth-order valence-corrected chi connectivity index (χ4v) is 2.60. The van der Waals surface area contributed by atoms with Crippen molar-refractivity contribution in [3.8, 4) is 17.1 Å². The number of hydrogen-bond donors (Lipinski definition) is 3. The molecule has 2 heterocycles. The predicted molar refractivity (Wildman–Crippen MR) is 88.8 cm³/mol. The van der Waals surface area contributed by atoms with Crippen LogP contribution in [-0.2, 0) is 11.3 Å². The van der Waals surface area contributed by atoms with Crippen molar-refractivity contribution >= 4 is 0 Å². The molecule has 1 aliphatic rings. The third-order valence-corrected chi connectivity index (χ3v) is 3.94. The molecule has 1 fully saturated rings. The molecule has 0 bridgehead atoms. The van der Waals surface area contributed by atoms with Gasteiger partial charge >= 0.3 is 0 Å². The number of benzene rings is 1. The molecule has 0 amide bonds. The van der Waals surface area contributed by atoms with Crippen molar-refractivity contribution in [1.29, 1.82) is 0 Å². The van der Waals surface area contributed by atoms with Gasteiger partial charge in [-0.15, -0.1) is 0 Å². The first-order chi connectivity index (χ1) is 11.7. The number of β-amino-alcohol motifs (C(OH)–C–C–N with tert-alkyl or cyclic N) is 1. The number of rotatable bonds is 6. The van der Waals surface area contributed by atoms with Crippen molar-refractivity contribution in [2.24, 2.45) is 0 Å². The van der Waals surface area contributed by atoms with E-state index in [0.29, 0.717) is 38.6 Å². The third-order valence-electron chi connectivity index (χ3n) is 3.94. The first-order valence-corrected chi connectivity index (χ1v) is 8.00. The summed E-state index contributed by atoms with van der Waals surface area (Å²) in [4.78, 5) is 0. The van der Waals surface area contributed by atoms with E-state index in [9.17, 15) is 5.11 Å². The molecule has 2 aromatic rings. The lowest BCUT2D eigenvalue weighted by Gasteiger charge is -2.25. The van der Waals surface area contributed by atoms with Gasteiger partial charge in [0.2, 0.25) is 0 Å². The maximum Gasteiger partial charge on any atom is 0.167 e. The highest BCUT2D eigenvalue weighted by molar-refractivity contribution is 5.58. The second-order valence-corrected chi connectivity index (χ2v) is 5.97. The van der Waals surface area contributed by atoms with Gasteiger partial charge in [-0.1, -0.05) is 5.16 Å². The smallest absolute Gasteiger partial charge is 0.167 e. The lowest BCUT2D eigenvalue weighted by atomic mass is 10.1. The van der Waals surface area contributed by atoms with Crippen LogP contribution in [0, 0.1) is 0 Å². The van der Waals surface area contributed by atoms with Crippen molar-refractivity contribution < 1.29 is 19.1 Å². The van der Waals surface area contributed by atoms with Crippen molar-refractivity contribution in [1.82, 2.24) is 15.8 Å². The summed E-state index contributed by atoms with van der Waals surface area (Å²) in [7, 11) is 1.63. The molecule has 1 aromatic carbocycles. The zero-order valence-electron chi connectivity index (χ0n) is 13.7. The Hall–Kier alpha value is -1.93. The number of nitrogens with zero attached hydrogens (tertiary/aromatic N) is 1. The van der Waals surface area contributed by atoms with Crippen LogP contribution >= 0.6 is 0 Å². The molecule has 0 radical (unpaired) electrons. The van der Waals surface area contributed by atoms with E-state index in [1.165, 1.54) is 0 Å². The van der Waals surface area contributed by atoms with E-state index in [-0.39, 0.29) is 0 Å². The van der Waals surface area contributed by atoms with Gasteiger partial charge in [0.25, 0.3) is 0 Å². The highest BCUT2D eigenvalue weighted by Crippen LogP contribution is 2.23. The summed E-state index contributed by atoms with van der Waals surface area (Å²) in [6.45, 7) is 3.15. The number of ether oxygens (including phenoxy) is 2. The molecular formula is C17H23N3O4. The van der Waals surface area contributed by atoms with Crippen LogP contribution in [-0.4, -0.2) is 55.8 Å². The number of aliphatic hydroxyl groups is 1. The molecule has 130 valence electrons. The molecule has 0 aliphatic carbocycles. The van der Waals surface area contributed by atoms with Crippen LogP contribution < -0.4 is 15.4 Å². The summed E-state index contributed by atoms with van der Waals surface area (Å²) >= 11 is 0. The zero-order valence-corrected chi connectivity index (χ0v) is 13.7. The molecule has 1 saturated heterocycles. The molecule has 1 aliphatic heterocycles. The zero-order chi connectivity index (χ0) is 16.8. The molecule has 7 nitrogen and oxygen atoms in total. The minimum Gasteiger partial charge on any atom is -0.497 e. The van der Waals surface area contributed by atoms with E-state index >= 15 is 0 Å². The Morgan fingerprint density at radius 1 is 1.38 bits per heavy atom. The van der Waals surface area contributed by atoms with Crippen LogP contribution in [0.4, 0.5) is 0 Å². The Kier molecular flexibility index (Phi) is 5.47. The summed E-state index contributed by atoms with van der Waals surface area (Å²) in [5, 5.41) is 20.9. The average molecular weight is 333 g/mol. The average Bonchev–Trinajstić information content (AvgIpc) is 2.96. The molecule has 7 heteroatoms. The fourth-order valence-electron chi connectivity index (χ4n) is 2.60. The molecule has 0 saturated carbocycles. The Balaban J connectivity index is 1.54. The standard InChI is InChI=1S/C17H23N3O4/c1-22-15-4-2-13(3-5-15)16-8-14(20-24-16)9-19-11-17(21)10-18-6-7-23-12-17/h2-5,8,18-19,21H,6-7,9-12H2,1H3/t17-/m0/s1. The SMILES string of the molecule is COc1ccc(-c2cc(CNC[C@@]3(O)CNCCOC3)no2)cc1. The highest BCUT2D eigenvalue weighted by Gasteiger charge is 2.28. The van der Waals surface area contributed by atoms with Gasteiger partial charge in [0.1, 0.15) is 11.4 Å². The van der Waals surface area contributed by atoms with Crippen LogP contribution in [0.2, 0.25) is 0 Å². The van der Waals surface area contributed by atoms with Crippen molar-refractivity contribution in [3.63, 3.8) is 0 Å². The number of methoxy groups -OCH3 is 1. The largest absolute Gasteiger partial charge is 0.497 e. The maximum atomic E-state index is 10.5. The van der Waals surface area contributed by atoms with Crippen molar-refractivity contribution in [2.45, 2.75) is 12.1 Å². The second-order valence-electron chi connectivity index (χ2n) is 5.97. The Morgan fingerprint density at radius 2 is 2.21 bits per heavy atom. The normalized spacial score (nSPS) is 21.4. The molecule has 3 rings (SSSR count). The van der Waals surface area contributed by atoms with Crippen LogP contribution in [0.3, 0.4) is 0 Å².